The number of nitrogens with zero attached hydrogens (tertiary/aromatic N) is 2. The van der Waals surface area contributed by atoms with Crippen LogP contribution in [0.4, 0.5) is 9.59 Å². The third kappa shape index (κ3) is 11.2. The van der Waals surface area contributed by atoms with Crippen molar-refractivity contribution in [1.82, 2.24) is 25.8 Å². The molecule has 0 aliphatic carbocycles. The quantitative estimate of drug-likeness (QED) is 0.274. The molecular weight excluding hydrogens is 554 g/mol. The Morgan fingerprint density at radius 3 is 2.09 bits per heavy atom. The summed E-state index contributed by atoms with van der Waals surface area (Å²) in [6.07, 6.45) is -0.227. The van der Waals surface area contributed by atoms with Crippen molar-refractivity contribution in [2.45, 2.75) is 78.0 Å². The molecule has 4 N–H and O–H groups in total. The van der Waals surface area contributed by atoms with Gasteiger partial charge >= 0.3 is 12.2 Å². The summed E-state index contributed by atoms with van der Waals surface area (Å²) in [5, 5.41) is 18.8. The van der Waals surface area contributed by atoms with Crippen molar-refractivity contribution < 1.29 is 33.8 Å². The Bertz CT molecular complexity index is 1200. The smallest absolute Gasteiger partial charge is 0.408 e. The maximum Gasteiger partial charge on any atom is 0.408 e. The third-order valence-electron chi connectivity index (χ3n) is 6.83. The molecule has 1 aromatic heterocycles. The first-order valence-electron chi connectivity index (χ1n) is 14.6. The number of pyridine rings is 1. The van der Waals surface area contributed by atoms with E-state index in [2.05, 4.69) is 20.9 Å². The van der Waals surface area contributed by atoms with Gasteiger partial charge in [-0.25, -0.2) is 9.59 Å². The molecule has 1 aromatic carbocycles. The number of likely N-dealkylation sites (tertiary alicyclic amines) is 1. The largest absolute Gasteiger partial charge is 0.445 e. The average molecular weight is 598 g/mol. The number of ether oxygens (including phenoxy) is 2. The number of hydrogen-bond donors (Lipinski definition) is 4. The Kier molecular flexibility index (Phi) is 12.7. The van der Waals surface area contributed by atoms with Crippen molar-refractivity contribution in [3.8, 4) is 0 Å². The highest BCUT2D eigenvalue weighted by molar-refractivity contribution is 5.87. The zero-order valence-electron chi connectivity index (χ0n) is 25.2. The average Bonchev–Trinajstić information content (AvgIpc) is 3.34. The summed E-state index contributed by atoms with van der Waals surface area (Å²) < 4.78 is 10.5. The number of aliphatic hydroxyl groups excluding tert-OH is 1. The fourth-order valence-corrected chi connectivity index (χ4v) is 4.72. The van der Waals surface area contributed by atoms with Crippen molar-refractivity contribution in [2.75, 3.05) is 13.1 Å². The molecule has 3 rings (SSSR count). The Morgan fingerprint density at radius 1 is 0.860 bits per heavy atom. The second-order valence-electron chi connectivity index (χ2n) is 11.5. The van der Waals surface area contributed by atoms with E-state index in [9.17, 15) is 24.3 Å². The van der Waals surface area contributed by atoms with Crippen LogP contribution in [0.5, 0.6) is 0 Å². The number of alkyl carbamates (subject to hydrolysis) is 2. The van der Waals surface area contributed by atoms with E-state index >= 15 is 0 Å². The summed E-state index contributed by atoms with van der Waals surface area (Å²) >= 11 is 0. The lowest BCUT2D eigenvalue weighted by Gasteiger charge is -2.26. The summed E-state index contributed by atoms with van der Waals surface area (Å²) in [6, 6.07) is 11.9. The SMILES string of the molecule is CC(C)C[C@H](NC(=O)OCc1ccccc1)C(=O)NC1CN(C(=O)[C@H](CC(C)C)NC(=O)OCc2ccccn2)CC1O. The van der Waals surface area contributed by atoms with Crippen molar-refractivity contribution in [3.05, 3.63) is 66.0 Å². The normalized spacial score (nSPS) is 17.7. The van der Waals surface area contributed by atoms with Gasteiger partial charge in [-0.1, -0.05) is 64.1 Å². The van der Waals surface area contributed by atoms with Crippen LogP contribution in [0.15, 0.2) is 54.7 Å². The zero-order chi connectivity index (χ0) is 31.4. The van der Waals surface area contributed by atoms with Crippen LogP contribution in [0.2, 0.25) is 0 Å². The Balaban J connectivity index is 1.56. The first-order valence-corrected chi connectivity index (χ1v) is 14.6. The molecule has 1 fully saturated rings. The number of hydrogen-bond acceptors (Lipinski definition) is 8. The van der Waals surface area contributed by atoms with Gasteiger partial charge in [0.1, 0.15) is 25.3 Å². The predicted octanol–water partition coefficient (Wildman–Crippen LogP) is 2.75. The van der Waals surface area contributed by atoms with E-state index in [1.165, 1.54) is 4.90 Å². The van der Waals surface area contributed by atoms with Crippen molar-refractivity contribution in [1.29, 1.82) is 0 Å². The molecule has 0 radical (unpaired) electrons. The molecule has 0 spiro atoms. The molecule has 12 heteroatoms. The van der Waals surface area contributed by atoms with Crippen LogP contribution in [-0.4, -0.2) is 76.3 Å². The van der Waals surface area contributed by atoms with Crippen LogP contribution in [0.25, 0.3) is 0 Å². The summed E-state index contributed by atoms with van der Waals surface area (Å²) in [5.74, 6) is -0.714. The van der Waals surface area contributed by atoms with Gasteiger partial charge in [-0.2, -0.15) is 0 Å². The molecule has 2 heterocycles. The number of nitrogens with one attached hydrogen (secondary N) is 3. The van der Waals surface area contributed by atoms with Crippen molar-refractivity contribution >= 4 is 24.0 Å². The van der Waals surface area contributed by atoms with Gasteiger partial charge in [0.15, 0.2) is 0 Å². The summed E-state index contributed by atoms with van der Waals surface area (Å²) in [5.41, 5.74) is 1.38. The number of benzene rings is 1. The number of aromatic nitrogens is 1. The van der Waals surface area contributed by atoms with Gasteiger partial charge in [0.25, 0.3) is 0 Å². The number of amides is 4. The van der Waals surface area contributed by atoms with Gasteiger partial charge in [-0.05, 0) is 42.4 Å². The molecule has 12 nitrogen and oxygen atoms in total. The van der Waals surface area contributed by atoms with E-state index in [4.69, 9.17) is 9.47 Å². The summed E-state index contributed by atoms with van der Waals surface area (Å²) in [4.78, 5) is 57.1. The molecule has 2 aromatic rings. The lowest BCUT2D eigenvalue weighted by Crippen LogP contribution is -2.53. The number of rotatable bonds is 13. The summed E-state index contributed by atoms with van der Waals surface area (Å²) in [6.45, 7) is 7.73. The van der Waals surface area contributed by atoms with Crippen LogP contribution in [-0.2, 0) is 32.3 Å². The van der Waals surface area contributed by atoms with Crippen LogP contribution >= 0.6 is 0 Å². The lowest BCUT2D eigenvalue weighted by atomic mass is 10.0. The van der Waals surface area contributed by atoms with Crippen molar-refractivity contribution in [3.63, 3.8) is 0 Å². The summed E-state index contributed by atoms with van der Waals surface area (Å²) in [7, 11) is 0. The lowest BCUT2D eigenvalue weighted by molar-refractivity contribution is -0.133. The van der Waals surface area contributed by atoms with E-state index in [1.807, 2.05) is 58.0 Å². The van der Waals surface area contributed by atoms with Crippen LogP contribution in [0.3, 0.4) is 0 Å². The van der Waals surface area contributed by atoms with Gasteiger partial charge in [0, 0.05) is 19.3 Å². The molecule has 0 bridgehead atoms. The Hall–Kier alpha value is -4.19. The second kappa shape index (κ2) is 16.4. The highest BCUT2D eigenvalue weighted by Gasteiger charge is 2.39. The minimum atomic E-state index is -1.03. The van der Waals surface area contributed by atoms with Gasteiger partial charge in [-0.3, -0.25) is 14.6 Å². The maximum absolute atomic E-state index is 13.4. The van der Waals surface area contributed by atoms with Gasteiger partial charge in [-0.15, -0.1) is 0 Å². The van der Waals surface area contributed by atoms with E-state index in [0.717, 1.165) is 5.56 Å². The van der Waals surface area contributed by atoms with E-state index in [-0.39, 0.29) is 44.0 Å². The fourth-order valence-electron chi connectivity index (χ4n) is 4.72. The minimum absolute atomic E-state index is 0.0234. The van der Waals surface area contributed by atoms with Crippen LogP contribution in [0.1, 0.15) is 51.8 Å². The van der Waals surface area contributed by atoms with Crippen molar-refractivity contribution in [2.24, 2.45) is 11.8 Å². The maximum atomic E-state index is 13.4. The number of carbonyl (C=O) groups is 4. The number of carbonyl (C=O) groups excluding carboxylic acids is 4. The van der Waals surface area contributed by atoms with Gasteiger partial charge in [0.05, 0.1) is 17.8 Å². The predicted molar refractivity (Wildman–Crippen MR) is 158 cm³/mol. The number of aliphatic hydroxyl groups is 1. The zero-order valence-corrected chi connectivity index (χ0v) is 25.2. The first kappa shape index (κ1) is 33.3. The molecule has 1 aliphatic rings. The van der Waals surface area contributed by atoms with Crippen LogP contribution < -0.4 is 16.0 Å². The minimum Gasteiger partial charge on any atom is -0.445 e. The second-order valence-corrected chi connectivity index (χ2v) is 11.5. The standard InChI is InChI=1S/C31H43N5O7/c1-20(2)14-24(34-30(40)42-18-22-10-6-5-7-11-22)28(38)33-26-16-36(17-27(26)37)29(39)25(15-21(3)4)35-31(41)43-19-23-12-8-9-13-32-23/h5-13,20-21,24-27,37H,14-19H2,1-4H3,(H,33,38)(H,34,40)(H,35,41)/t24-,25-,26?,27?/m0/s1. The first-order chi connectivity index (χ1) is 20.5. The highest BCUT2D eigenvalue weighted by Crippen LogP contribution is 2.16. The monoisotopic (exact) mass is 597 g/mol. The molecule has 2 unspecified atom stereocenters. The van der Waals surface area contributed by atoms with Gasteiger partial charge < -0.3 is 35.4 Å². The molecule has 0 saturated carbocycles. The number of β-amino-alcohol motifs (C(OH)–C–C–N with tert-alkyl or cyclic N) is 1. The van der Waals surface area contributed by atoms with E-state index < -0.39 is 42.3 Å². The molecular formula is C31H43N5O7. The highest BCUT2D eigenvalue weighted by atomic mass is 16.6. The Morgan fingerprint density at radius 2 is 1.47 bits per heavy atom. The van der Waals surface area contributed by atoms with E-state index in [0.29, 0.717) is 18.5 Å². The van der Waals surface area contributed by atoms with E-state index in [1.54, 1.807) is 24.4 Å². The topological polar surface area (TPSA) is 159 Å². The molecule has 4 amide bonds. The third-order valence-corrected chi connectivity index (χ3v) is 6.83. The molecule has 1 aliphatic heterocycles. The molecule has 43 heavy (non-hydrogen) atoms. The fraction of sp³-hybridized carbons (Fsp3) is 0.516. The molecule has 4 atom stereocenters. The Labute approximate surface area is 252 Å². The van der Waals surface area contributed by atoms with Crippen LogP contribution in [0, 0.1) is 11.8 Å². The molecule has 1 saturated heterocycles. The van der Waals surface area contributed by atoms with Gasteiger partial charge in [0.2, 0.25) is 11.8 Å². The molecule has 234 valence electrons.